The fraction of sp³-hybridized carbons (Fsp3) is 0.125. The Balaban J connectivity index is 2.43. The maximum absolute atomic E-state index is 3.14. The quantitative estimate of drug-likeness (QED) is 0.472. The van der Waals surface area contributed by atoms with E-state index in [1.54, 1.807) is 0 Å². The Morgan fingerprint density at radius 3 is 3.44 bits per heavy atom. The molecule has 1 unspecified atom stereocenters. The minimum Gasteiger partial charge on any atom is -0.364 e. The van der Waals surface area contributed by atoms with E-state index in [1.807, 2.05) is 24.4 Å². The Kier molecular flexibility index (Phi) is 0.850. The summed E-state index contributed by atoms with van der Waals surface area (Å²) in [4.78, 5) is 0. The Bertz CT molecular complexity index is 239. The number of allylic oxidation sites excluding steroid dienone is 2. The SMILES string of the molecule is C1=CC=C2NC=CC2C=1. The molecule has 2 aliphatic rings. The van der Waals surface area contributed by atoms with Gasteiger partial charge in [0.15, 0.2) is 0 Å². The summed E-state index contributed by atoms with van der Waals surface area (Å²) in [7, 11) is 0. The first-order valence-corrected chi connectivity index (χ1v) is 3.03. The van der Waals surface area contributed by atoms with Gasteiger partial charge in [-0.15, -0.1) is 5.73 Å². The van der Waals surface area contributed by atoms with Crippen LogP contribution in [-0.4, -0.2) is 0 Å². The molecule has 1 atom stereocenters. The highest BCUT2D eigenvalue weighted by Crippen LogP contribution is 2.18. The van der Waals surface area contributed by atoms with Crippen molar-refractivity contribution >= 4 is 0 Å². The van der Waals surface area contributed by atoms with Gasteiger partial charge in [0.2, 0.25) is 0 Å². The van der Waals surface area contributed by atoms with Gasteiger partial charge < -0.3 is 5.32 Å². The van der Waals surface area contributed by atoms with Crippen molar-refractivity contribution in [1.82, 2.24) is 5.32 Å². The summed E-state index contributed by atoms with van der Waals surface area (Å²) in [6.07, 6.45) is 10.1. The maximum atomic E-state index is 3.14. The second-order valence-electron chi connectivity index (χ2n) is 2.15. The molecular weight excluding hydrogens is 110 g/mol. The van der Waals surface area contributed by atoms with Gasteiger partial charge in [-0.05, 0) is 24.4 Å². The van der Waals surface area contributed by atoms with Crippen LogP contribution in [0, 0.1) is 5.92 Å². The maximum Gasteiger partial charge on any atom is 0.0442 e. The van der Waals surface area contributed by atoms with E-state index in [9.17, 15) is 0 Å². The lowest BCUT2D eigenvalue weighted by atomic mass is 10.1. The standard InChI is InChI=1S/C8H7N/c1-2-4-8-7(3-1)5-6-9-8/h2-7,9H. The predicted molar refractivity (Wildman–Crippen MR) is 36.5 cm³/mol. The van der Waals surface area contributed by atoms with Crippen LogP contribution in [-0.2, 0) is 0 Å². The second-order valence-corrected chi connectivity index (χ2v) is 2.15. The Hall–Kier alpha value is -1.20. The summed E-state index contributed by atoms with van der Waals surface area (Å²) in [5, 5.41) is 3.14. The van der Waals surface area contributed by atoms with Crippen molar-refractivity contribution in [3.05, 3.63) is 41.9 Å². The van der Waals surface area contributed by atoms with Crippen LogP contribution in [0.25, 0.3) is 0 Å². The van der Waals surface area contributed by atoms with Crippen molar-refractivity contribution in [3.63, 3.8) is 0 Å². The fourth-order valence-electron chi connectivity index (χ4n) is 1.05. The first kappa shape index (κ1) is 4.66. The van der Waals surface area contributed by atoms with Gasteiger partial charge in [-0.2, -0.15) is 0 Å². The minimum atomic E-state index is 0.468. The van der Waals surface area contributed by atoms with E-state index in [-0.39, 0.29) is 0 Å². The number of nitrogens with one attached hydrogen (secondary N) is 1. The third kappa shape index (κ3) is 0.628. The number of fused-ring (bicyclic) bond motifs is 1. The molecule has 44 valence electrons. The van der Waals surface area contributed by atoms with Crippen molar-refractivity contribution in [2.75, 3.05) is 0 Å². The van der Waals surface area contributed by atoms with Crippen LogP contribution >= 0.6 is 0 Å². The molecule has 1 aliphatic carbocycles. The smallest absolute Gasteiger partial charge is 0.0442 e. The molecule has 0 bridgehead atoms. The van der Waals surface area contributed by atoms with E-state index in [2.05, 4.69) is 17.1 Å². The van der Waals surface area contributed by atoms with Crippen LogP contribution in [0.4, 0.5) is 0 Å². The van der Waals surface area contributed by atoms with Gasteiger partial charge in [-0.1, -0.05) is 6.08 Å². The van der Waals surface area contributed by atoms with Crippen LogP contribution < -0.4 is 5.32 Å². The molecule has 1 heterocycles. The molecule has 1 N–H and O–H groups in total. The Morgan fingerprint density at radius 2 is 2.56 bits per heavy atom. The minimum absolute atomic E-state index is 0.468. The molecule has 9 heavy (non-hydrogen) atoms. The summed E-state index contributed by atoms with van der Waals surface area (Å²) in [5.41, 5.74) is 4.30. The van der Waals surface area contributed by atoms with Crippen LogP contribution in [0.5, 0.6) is 0 Å². The number of rotatable bonds is 0. The summed E-state index contributed by atoms with van der Waals surface area (Å²) in [6, 6.07) is 0. The topological polar surface area (TPSA) is 12.0 Å². The highest BCUT2D eigenvalue weighted by molar-refractivity contribution is 5.31. The Labute approximate surface area is 54.1 Å². The zero-order valence-corrected chi connectivity index (χ0v) is 4.96. The lowest BCUT2D eigenvalue weighted by Gasteiger charge is -2.05. The van der Waals surface area contributed by atoms with Gasteiger partial charge in [0.05, 0.1) is 0 Å². The first-order valence-electron chi connectivity index (χ1n) is 3.03. The van der Waals surface area contributed by atoms with Gasteiger partial charge >= 0.3 is 0 Å². The van der Waals surface area contributed by atoms with E-state index in [0.717, 1.165) is 0 Å². The summed E-state index contributed by atoms with van der Waals surface area (Å²) in [5.74, 6) is 0.468. The highest BCUT2D eigenvalue weighted by Gasteiger charge is 2.11. The van der Waals surface area contributed by atoms with E-state index >= 15 is 0 Å². The summed E-state index contributed by atoms with van der Waals surface area (Å²) in [6.45, 7) is 0. The largest absolute Gasteiger partial charge is 0.364 e. The van der Waals surface area contributed by atoms with E-state index < -0.39 is 0 Å². The zero-order valence-electron chi connectivity index (χ0n) is 4.96. The van der Waals surface area contributed by atoms with E-state index in [0.29, 0.717) is 5.92 Å². The van der Waals surface area contributed by atoms with E-state index in [4.69, 9.17) is 0 Å². The van der Waals surface area contributed by atoms with Crippen molar-refractivity contribution < 1.29 is 0 Å². The molecule has 0 spiro atoms. The van der Waals surface area contributed by atoms with Crippen molar-refractivity contribution in [2.45, 2.75) is 0 Å². The molecule has 0 aromatic rings. The third-order valence-corrected chi connectivity index (χ3v) is 1.55. The third-order valence-electron chi connectivity index (χ3n) is 1.55. The zero-order chi connectivity index (χ0) is 6.10. The molecule has 2 rings (SSSR count). The van der Waals surface area contributed by atoms with Crippen LogP contribution in [0.1, 0.15) is 0 Å². The molecule has 0 aromatic heterocycles. The van der Waals surface area contributed by atoms with Crippen molar-refractivity contribution in [3.8, 4) is 0 Å². The van der Waals surface area contributed by atoms with Gasteiger partial charge in [-0.3, -0.25) is 0 Å². The monoisotopic (exact) mass is 117 g/mol. The molecule has 0 aromatic carbocycles. The lowest BCUT2D eigenvalue weighted by Crippen LogP contribution is -2.04. The van der Waals surface area contributed by atoms with E-state index in [1.165, 1.54) is 5.70 Å². The molecular formula is C8H7N. The first-order chi connectivity index (χ1) is 4.47. The van der Waals surface area contributed by atoms with Crippen molar-refractivity contribution in [1.29, 1.82) is 0 Å². The number of hydrogen-bond donors (Lipinski definition) is 1. The van der Waals surface area contributed by atoms with Gasteiger partial charge in [0, 0.05) is 11.6 Å². The molecule has 0 saturated heterocycles. The fourth-order valence-corrected chi connectivity index (χ4v) is 1.05. The van der Waals surface area contributed by atoms with Gasteiger partial charge in [0.1, 0.15) is 0 Å². The van der Waals surface area contributed by atoms with Crippen LogP contribution in [0.2, 0.25) is 0 Å². The van der Waals surface area contributed by atoms with Crippen molar-refractivity contribution in [2.24, 2.45) is 5.92 Å². The molecule has 0 amide bonds. The second kappa shape index (κ2) is 1.64. The molecule has 0 saturated carbocycles. The average Bonchev–Trinajstić information content (AvgIpc) is 2.33. The lowest BCUT2D eigenvalue weighted by molar-refractivity contribution is 0.923. The molecule has 0 radical (unpaired) electrons. The van der Waals surface area contributed by atoms with Gasteiger partial charge in [0.25, 0.3) is 0 Å². The van der Waals surface area contributed by atoms with Crippen LogP contribution in [0.3, 0.4) is 0 Å². The highest BCUT2D eigenvalue weighted by atomic mass is 14.9. The van der Waals surface area contributed by atoms with Gasteiger partial charge in [-0.25, -0.2) is 0 Å². The van der Waals surface area contributed by atoms with Crippen LogP contribution in [0.15, 0.2) is 41.9 Å². The predicted octanol–water partition coefficient (Wildman–Crippen LogP) is 1.33. The molecule has 0 fully saturated rings. The normalized spacial score (nSPS) is 27.6. The molecule has 1 heteroatoms. The Morgan fingerprint density at radius 1 is 1.56 bits per heavy atom. The number of hydrogen-bond acceptors (Lipinski definition) is 1. The summed E-state index contributed by atoms with van der Waals surface area (Å²) < 4.78 is 0. The molecule has 1 aliphatic heterocycles. The average molecular weight is 117 g/mol. The molecule has 1 nitrogen and oxygen atoms in total. The summed E-state index contributed by atoms with van der Waals surface area (Å²) >= 11 is 0.